The van der Waals surface area contributed by atoms with Gasteiger partial charge in [-0.3, -0.25) is 9.20 Å². The number of hydrogen-bond acceptors (Lipinski definition) is 5. The molecule has 0 radical (unpaired) electrons. The largest absolute Gasteiger partial charge is 0.351 e. The maximum absolute atomic E-state index is 12.0. The molecule has 0 aliphatic rings. The second-order valence-electron chi connectivity index (χ2n) is 5.15. The number of hydrogen-bond donors (Lipinski definition) is 1. The second kappa shape index (κ2) is 5.01. The predicted molar refractivity (Wildman–Crippen MR) is 76.3 cm³/mol. The molecule has 0 atom stereocenters. The Morgan fingerprint density at radius 2 is 2.14 bits per heavy atom. The van der Waals surface area contributed by atoms with Crippen molar-refractivity contribution in [3.63, 3.8) is 0 Å². The fourth-order valence-corrected chi connectivity index (χ4v) is 2.04. The molecule has 21 heavy (non-hydrogen) atoms. The molecule has 0 saturated carbocycles. The molecule has 3 aromatic rings. The molecule has 0 aliphatic carbocycles. The highest BCUT2D eigenvalue weighted by Crippen LogP contribution is 2.17. The monoisotopic (exact) mass is 285 g/mol. The first-order valence-corrected chi connectivity index (χ1v) is 6.64. The van der Waals surface area contributed by atoms with Crippen molar-refractivity contribution in [1.29, 1.82) is 0 Å². The van der Waals surface area contributed by atoms with Crippen molar-refractivity contribution in [1.82, 2.24) is 19.8 Å². The van der Waals surface area contributed by atoms with Crippen LogP contribution in [0.15, 0.2) is 28.9 Å². The summed E-state index contributed by atoms with van der Waals surface area (Å²) < 4.78 is 6.81. The number of rotatable bonds is 3. The number of aryl methyl sites for hydroxylation is 1. The Balaban J connectivity index is 1.90. The summed E-state index contributed by atoms with van der Waals surface area (Å²) >= 11 is 0. The number of fused-ring (bicyclic) bond motifs is 1. The van der Waals surface area contributed by atoms with E-state index in [4.69, 9.17) is 4.52 Å². The topological polar surface area (TPSA) is 85.3 Å². The smallest absolute Gasteiger partial charge is 0.294 e. The van der Waals surface area contributed by atoms with Crippen LogP contribution in [0.5, 0.6) is 0 Å². The first kappa shape index (κ1) is 13.3. The van der Waals surface area contributed by atoms with E-state index in [2.05, 4.69) is 20.7 Å². The molecule has 0 fully saturated rings. The molecule has 7 nitrogen and oxygen atoms in total. The van der Waals surface area contributed by atoms with Crippen molar-refractivity contribution in [2.45, 2.75) is 26.7 Å². The fraction of sp³-hybridized carbons (Fsp3) is 0.286. The molecule has 7 heteroatoms. The van der Waals surface area contributed by atoms with Crippen LogP contribution in [0.3, 0.4) is 0 Å². The summed E-state index contributed by atoms with van der Waals surface area (Å²) in [5.74, 6) is 0.925. The van der Waals surface area contributed by atoms with Gasteiger partial charge in [0.1, 0.15) is 5.82 Å². The first-order valence-electron chi connectivity index (χ1n) is 6.64. The lowest BCUT2D eigenvalue weighted by molar-refractivity contribution is 0.0988. The second-order valence-corrected chi connectivity index (χ2v) is 5.15. The molecule has 108 valence electrons. The van der Waals surface area contributed by atoms with Gasteiger partial charge in [-0.25, -0.2) is 0 Å². The highest BCUT2D eigenvalue weighted by atomic mass is 16.5. The van der Waals surface area contributed by atoms with Gasteiger partial charge in [0, 0.05) is 18.2 Å². The number of anilines is 1. The van der Waals surface area contributed by atoms with E-state index in [0.717, 1.165) is 11.5 Å². The van der Waals surface area contributed by atoms with Gasteiger partial charge in [0.05, 0.1) is 11.4 Å². The van der Waals surface area contributed by atoms with E-state index in [9.17, 15) is 4.79 Å². The van der Waals surface area contributed by atoms with Gasteiger partial charge in [0.2, 0.25) is 5.76 Å². The third-order valence-electron chi connectivity index (χ3n) is 3.05. The van der Waals surface area contributed by atoms with Gasteiger partial charge in [-0.1, -0.05) is 19.0 Å². The zero-order chi connectivity index (χ0) is 15.0. The lowest BCUT2D eigenvalue weighted by Gasteiger charge is -2.06. The Kier molecular flexibility index (Phi) is 3.17. The van der Waals surface area contributed by atoms with Gasteiger partial charge >= 0.3 is 0 Å². The normalized spacial score (nSPS) is 11.2. The standard InChI is InChI=1S/C14H15N5O2/c1-8(2)13-17-16-12-5-4-10(7-19(12)13)15-14(20)11-6-9(3)18-21-11/h4-8H,1-3H3,(H,15,20). The molecule has 3 aromatic heterocycles. The minimum atomic E-state index is -0.339. The Hall–Kier alpha value is -2.70. The summed E-state index contributed by atoms with van der Waals surface area (Å²) in [5, 5.41) is 14.7. The fourth-order valence-electron chi connectivity index (χ4n) is 2.04. The van der Waals surface area contributed by atoms with Crippen molar-refractivity contribution < 1.29 is 9.32 Å². The first-order chi connectivity index (χ1) is 10.0. The van der Waals surface area contributed by atoms with Crippen molar-refractivity contribution in [3.8, 4) is 0 Å². The van der Waals surface area contributed by atoms with Crippen LogP contribution in [0, 0.1) is 6.92 Å². The third kappa shape index (κ3) is 2.49. The SMILES string of the molecule is Cc1cc(C(=O)Nc2ccc3nnc(C(C)C)n3c2)on1. The zero-order valence-corrected chi connectivity index (χ0v) is 12.0. The number of nitrogens with one attached hydrogen (secondary N) is 1. The minimum absolute atomic E-state index is 0.181. The Bertz CT molecular complexity index is 803. The van der Waals surface area contributed by atoms with Crippen LogP contribution in [0.25, 0.3) is 5.65 Å². The molecule has 0 unspecified atom stereocenters. The van der Waals surface area contributed by atoms with E-state index < -0.39 is 0 Å². The molecule has 0 spiro atoms. The van der Waals surface area contributed by atoms with E-state index in [-0.39, 0.29) is 17.6 Å². The molecule has 1 amide bonds. The number of amides is 1. The quantitative estimate of drug-likeness (QED) is 0.798. The van der Waals surface area contributed by atoms with Crippen LogP contribution in [0.2, 0.25) is 0 Å². The summed E-state index contributed by atoms with van der Waals surface area (Å²) in [6, 6.07) is 5.17. The zero-order valence-electron chi connectivity index (χ0n) is 12.0. The molecule has 0 saturated heterocycles. The van der Waals surface area contributed by atoms with Crippen molar-refractivity contribution in [3.05, 3.63) is 41.7 Å². The highest BCUT2D eigenvalue weighted by molar-refractivity contribution is 6.02. The number of carbonyl (C=O) groups excluding carboxylic acids is 1. The summed E-state index contributed by atoms with van der Waals surface area (Å²) in [5.41, 5.74) is 2.05. The molecule has 3 heterocycles. The number of pyridine rings is 1. The molecule has 0 bridgehead atoms. The average Bonchev–Trinajstić information content (AvgIpc) is 3.04. The molecular formula is C14H15N5O2. The molecule has 0 aliphatic heterocycles. The van der Waals surface area contributed by atoms with E-state index in [0.29, 0.717) is 11.4 Å². The molecule has 1 N–H and O–H groups in total. The Morgan fingerprint density at radius 3 is 2.81 bits per heavy atom. The van der Waals surface area contributed by atoms with E-state index in [1.807, 2.05) is 18.2 Å². The van der Waals surface area contributed by atoms with E-state index in [1.165, 1.54) is 0 Å². The van der Waals surface area contributed by atoms with E-state index in [1.54, 1.807) is 31.3 Å². The Labute approximate surface area is 121 Å². The summed E-state index contributed by atoms with van der Waals surface area (Å²) in [7, 11) is 0. The van der Waals surface area contributed by atoms with Gasteiger partial charge in [-0.05, 0) is 19.1 Å². The van der Waals surface area contributed by atoms with Crippen molar-refractivity contribution in [2.24, 2.45) is 0 Å². The van der Waals surface area contributed by atoms with Gasteiger partial charge in [-0.2, -0.15) is 0 Å². The minimum Gasteiger partial charge on any atom is -0.351 e. The third-order valence-corrected chi connectivity index (χ3v) is 3.05. The number of aromatic nitrogens is 4. The summed E-state index contributed by atoms with van der Waals surface area (Å²) in [6.07, 6.45) is 1.80. The maximum atomic E-state index is 12.0. The van der Waals surface area contributed by atoms with Crippen LogP contribution in [-0.2, 0) is 0 Å². The predicted octanol–water partition coefficient (Wildman–Crippen LogP) is 2.40. The molecule has 0 aromatic carbocycles. The van der Waals surface area contributed by atoms with Crippen LogP contribution in [0.4, 0.5) is 5.69 Å². The highest BCUT2D eigenvalue weighted by Gasteiger charge is 2.14. The lowest BCUT2D eigenvalue weighted by atomic mass is 10.2. The lowest BCUT2D eigenvalue weighted by Crippen LogP contribution is -2.11. The van der Waals surface area contributed by atoms with Gasteiger partial charge in [0.15, 0.2) is 5.65 Å². The summed E-state index contributed by atoms with van der Waals surface area (Å²) in [6.45, 7) is 5.84. The van der Waals surface area contributed by atoms with Crippen LogP contribution in [0.1, 0.15) is 41.8 Å². The van der Waals surface area contributed by atoms with Crippen LogP contribution >= 0.6 is 0 Å². The van der Waals surface area contributed by atoms with E-state index >= 15 is 0 Å². The van der Waals surface area contributed by atoms with Crippen LogP contribution in [-0.4, -0.2) is 25.7 Å². The van der Waals surface area contributed by atoms with Crippen molar-refractivity contribution in [2.75, 3.05) is 5.32 Å². The van der Waals surface area contributed by atoms with Gasteiger partial charge in [-0.15, -0.1) is 10.2 Å². The maximum Gasteiger partial charge on any atom is 0.294 e. The average molecular weight is 285 g/mol. The molecule has 3 rings (SSSR count). The summed E-state index contributed by atoms with van der Waals surface area (Å²) in [4.78, 5) is 12.0. The van der Waals surface area contributed by atoms with Gasteiger partial charge in [0.25, 0.3) is 5.91 Å². The Morgan fingerprint density at radius 1 is 1.33 bits per heavy atom. The number of nitrogens with zero attached hydrogens (tertiary/aromatic N) is 4. The van der Waals surface area contributed by atoms with Crippen molar-refractivity contribution >= 4 is 17.2 Å². The number of carbonyl (C=O) groups is 1. The van der Waals surface area contributed by atoms with Crippen LogP contribution < -0.4 is 5.32 Å². The van der Waals surface area contributed by atoms with Gasteiger partial charge < -0.3 is 9.84 Å². The molecular weight excluding hydrogens is 270 g/mol.